The molecule has 0 heterocycles. The van der Waals surface area contributed by atoms with Crippen LogP contribution in [0.25, 0.3) is 6.08 Å². The van der Waals surface area contributed by atoms with Crippen molar-refractivity contribution in [1.82, 2.24) is 0 Å². The van der Waals surface area contributed by atoms with Crippen LogP contribution in [0.5, 0.6) is 0 Å². The smallest absolute Gasteiger partial charge is 0.329 e. The van der Waals surface area contributed by atoms with Crippen LogP contribution in [-0.4, -0.2) is 22.6 Å². The Morgan fingerprint density at radius 2 is 2.06 bits per heavy atom. The van der Waals surface area contributed by atoms with Crippen molar-refractivity contribution in [3.8, 4) is 0 Å². The third-order valence-electron chi connectivity index (χ3n) is 1.86. The molecular weight excluding hydrogens is 226 g/mol. The first-order valence-electron chi connectivity index (χ1n) is 4.78. The van der Waals surface area contributed by atoms with Gasteiger partial charge < -0.3 is 9.84 Å². The monoisotopic (exact) mass is 237 g/mol. The molecule has 0 atom stereocenters. The summed E-state index contributed by atoms with van der Waals surface area (Å²) in [6.45, 7) is -0.144. The van der Waals surface area contributed by atoms with Gasteiger partial charge in [0.1, 0.15) is 6.61 Å². The van der Waals surface area contributed by atoms with E-state index in [4.69, 9.17) is 9.84 Å². The fourth-order valence-electron chi connectivity index (χ4n) is 1.13. The number of nitrogens with zero attached hydrogens (tertiary/aromatic N) is 1. The van der Waals surface area contributed by atoms with E-state index in [0.717, 1.165) is 11.8 Å². The van der Waals surface area contributed by atoms with E-state index in [2.05, 4.69) is 0 Å². The zero-order valence-corrected chi connectivity index (χ0v) is 8.91. The highest BCUT2D eigenvalue weighted by Gasteiger charge is 1.98. The Labute approximate surface area is 97.3 Å². The summed E-state index contributed by atoms with van der Waals surface area (Å²) < 4.78 is 4.89. The lowest BCUT2D eigenvalue weighted by molar-refractivity contribution is -0.400. The molecule has 90 valence electrons. The molecule has 0 amide bonds. The van der Waals surface area contributed by atoms with Crippen molar-refractivity contribution in [2.24, 2.45) is 0 Å². The molecule has 0 unspecified atom stereocenters. The van der Waals surface area contributed by atoms with E-state index in [1.807, 2.05) is 0 Å². The molecule has 0 spiro atoms. The fourth-order valence-corrected chi connectivity index (χ4v) is 1.13. The van der Waals surface area contributed by atoms with Crippen molar-refractivity contribution >= 4 is 12.0 Å². The minimum absolute atomic E-state index is 0.200. The third kappa shape index (κ3) is 5.43. The van der Waals surface area contributed by atoms with Gasteiger partial charge in [0.25, 0.3) is 0 Å². The number of hydrogen-bond acceptors (Lipinski definition) is 4. The summed E-state index contributed by atoms with van der Waals surface area (Å²) in [7, 11) is 0. The number of nitro groups is 1. The Morgan fingerprint density at radius 3 is 2.59 bits per heavy atom. The van der Waals surface area contributed by atoms with Gasteiger partial charge in [0, 0.05) is 6.08 Å². The van der Waals surface area contributed by atoms with Crippen LogP contribution < -0.4 is 0 Å². The van der Waals surface area contributed by atoms with Gasteiger partial charge in [-0.1, -0.05) is 24.3 Å². The summed E-state index contributed by atoms with van der Waals surface area (Å²) in [4.78, 5) is 19.7. The van der Waals surface area contributed by atoms with E-state index in [9.17, 15) is 14.9 Å². The van der Waals surface area contributed by atoms with Gasteiger partial charge >= 0.3 is 5.97 Å². The highest BCUT2D eigenvalue weighted by molar-refractivity contribution is 5.68. The van der Waals surface area contributed by atoms with E-state index in [1.165, 1.54) is 6.08 Å². The number of carboxylic acid groups (broad SMARTS) is 1. The van der Waals surface area contributed by atoms with Gasteiger partial charge in [-0.3, -0.25) is 10.1 Å². The maximum atomic E-state index is 10.2. The number of carboxylic acids is 1. The van der Waals surface area contributed by atoms with Crippen molar-refractivity contribution in [3.05, 3.63) is 51.7 Å². The van der Waals surface area contributed by atoms with Crippen molar-refractivity contribution < 1.29 is 19.6 Å². The topological polar surface area (TPSA) is 89.7 Å². The molecular formula is C11H11NO5. The molecule has 1 rings (SSSR count). The van der Waals surface area contributed by atoms with Gasteiger partial charge in [-0.2, -0.15) is 0 Å². The summed E-state index contributed by atoms with van der Waals surface area (Å²) in [5.74, 6) is -1.02. The van der Waals surface area contributed by atoms with Gasteiger partial charge in [-0.15, -0.1) is 0 Å². The summed E-state index contributed by atoms with van der Waals surface area (Å²) in [6, 6.07) is 6.84. The average molecular weight is 237 g/mol. The summed E-state index contributed by atoms with van der Waals surface area (Å²) in [5.41, 5.74) is 1.51. The fraction of sp³-hybridized carbons (Fsp3) is 0.182. The van der Waals surface area contributed by atoms with E-state index in [-0.39, 0.29) is 13.2 Å². The van der Waals surface area contributed by atoms with Gasteiger partial charge in [-0.05, 0) is 11.1 Å². The number of carbonyl (C=O) groups is 1. The molecule has 0 radical (unpaired) electrons. The zero-order valence-electron chi connectivity index (χ0n) is 8.91. The number of ether oxygens (including phenoxy) is 1. The predicted octanol–water partition coefficient (Wildman–Crippen LogP) is 1.54. The van der Waals surface area contributed by atoms with Crippen LogP contribution in [-0.2, 0) is 16.1 Å². The van der Waals surface area contributed by atoms with Gasteiger partial charge in [0.05, 0.1) is 11.5 Å². The third-order valence-corrected chi connectivity index (χ3v) is 1.86. The Morgan fingerprint density at radius 1 is 1.41 bits per heavy atom. The standard InChI is InChI=1S/C11H11NO5/c13-11(14)8-17-7-10-3-1-9(2-4-10)5-6-12(15)16/h1-6H,7-8H2,(H,13,14)/b6-5+. The normalized spacial score (nSPS) is 10.6. The van der Waals surface area contributed by atoms with Crippen molar-refractivity contribution in [1.29, 1.82) is 0 Å². The molecule has 6 heteroatoms. The first kappa shape index (κ1) is 12.9. The van der Waals surface area contributed by atoms with Gasteiger partial charge in [0.15, 0.2) is 0 Å². The molecule has 1 N–H and O–H groups in total. The SMILES string of the molecule is O=C(O)COCc1ccc(/C=C/[N+](=O)[O-])cc1. The lowest BCUT2D eigenvalue weighted by Gasteiger charge is -2.01. The number of benzene rings is 1. The Bertz CT molecular complexity index is 424. The Balaban J connectivity index is 2.50. The minimum Gasteiger partial charge on any atom is -0.480 e. The zero-order chi connectivity index (χ0) is 12.7. The lowest BCUT2D eigenvalue weighted by Crippen LogP contribution is -2.06. The number of rotatable bonds is 6. The van der Waals surface area contributed by atoms with Gasteiger partial charge in [-0.25, -0.2) is 4.79 Å². The largest absolute Gasteiger partial charge is 0.480 e. The average Bonchev–Trinajstić information content (AvgIpc) is 2.27. The molecule has 0 aromatic heterocycles. The van der Waals surface area contributed by atoms with Crippen LogP contribution in [0.15, 0.2) is 30.5 Å². The second-order valence-corrected chi connectivity index (χ2v) is 3.23. The van der Waals surface area contributed by atoms with Crippen LogP contribution >= 0.6 is 0 Å². The van der Waals surface area contributed by atoms with Crippen molar-refractivity contribution in [3.63, 3.8) is 0 Å². The molecule has 1 aromatic carbocycles. The first-order valence-corrected chi connectivity index (χ1v) is 4.78. The summed E-state index contributed by atoms with van der Waals surface area (Å²) in [5, 5.41) is 18.4. The van der Waals surface area contributed by atoms with E-state index < -0.39 is 10.9 Å². The quantitative estimate of drug-likeness (QED) is 0.598. The van der Waals surface area contributed by atoms with Crippen molar-refractivity contribution in [2.45, 2.75) is 6.61 Å². The highest BCUT2D eigenvalue weighted by atomic mass is 16.6. The van der Waals surface area contributed by atoms with Crippen LogP contribution in [0, 0.1) is 10.1 Å². The van der Waals surface area contributed by atoms with E-state index in [0.29, 0.717) is 5.56 Å². The molecule has 6 nitrogen and oxygen atoms in total. The van der Waals surface area contributed by atoms with Gasteiger partial charge in [0.2, 0.25) is 6.20 Å². The minimum atomic E-state index is -1.02. The highest BCUT2D eigenvalue weighted by Crippen LogP contribution is 2.07. The molecule has 0 aliphatic rings. The van der Waals surface area contributed by atoms with E-state index in [1.54, 1.807) is 24.3 Å². The molecule has 0 aliphatic heterocycles. The van der Waals surface area contributed by atoms with E-state index >= 15 is 0 Å². The summed E-state index contributed by atoms with van der Waals surface area (Å²) >= 11 is 0. The molecule has 1 aromatic rings. The van der Waals surface area contributed by atoms with Crippen molar-refractivity contribution in [2.75, 3.05) is 6.61 Å². The second-order valence-electron chi connectivity index (χ2n) is 3.23. The number of aliphatic carboxylic acids is 1. The lowest BCUT2D eigenvalue weighted by atomic mass is 10.1. The second kappa shape index (κ2) is 6.39. The summed E-state index contributed by atoms with van der Waals surface area (Å²) in [6.07, 6.45) is 2.23. The number of hydrogen-bond donors (Lipinski definition) is 1. The molecule has 0 saturated carbocycles. The molecule has 0 aliphatic carbocycles. The molecule has 0 fully saturated rings. The maximum absolute atomic E-state index is 10.2. The first-order chi connectivity index (χ1) is 8.08. The Hall–Kier alpha value is -2.21. The van der Waals surface area contributed by atoms with Crippen LogP contribution in [0.1, 0.15) is 11.1 Å². The Kier molecular flexibility index (Phi) is 4.83. The van der Waals surface area contributed by atoms with Crippen LogP contribution in [0.3, 0.4) is 0 Å². The molecule has 17 heavy (non-hydrogen) atoms. The maximum Gasteiger partial charge on any atom is 0.329 e. The van der Waals surface area contributed by atoms with Crippen LogP contribution in [0.2, 0.25) is 0 Å². The predicted molar refractivity (Wildman–Crippen MR) is 59.8 cm³/mol. The van der Waals surface area contributed by atoms with Crippen LogP contribution in [0.4, 0.5) is 0 Å². The molecule has 0 bridgehead atoms. The molecule has 0 saturated heterocycles.